The molecule has 0 amide bonds. The highest BCUT2D eigenvalue weighted by atomic mass is 19.4. The molecule has 31 heavy (non-hydrogen) atoms. The lowest BCUT2D eigenvalue weighted by molar-refractivity contribution is -0.838. The van der Waals surface area contributed by atoms with E-state index in [2.05, 4.69) is 9.84 Å². The van der Waals surface area contributed by atoms with Crippen LogP contribution in [0.15, 0.2) is 47.5 Å². The second-order valence-corrected chi connectivity index (χ2v) is 6.37. The summed E-state index contributed by atoms with van der Waals surface area (Å²) >= 11 is 0. The van der Waals surface area contributed by atoms with Gasteiger partial charge in [-0.3, -0.25) is 0 Å². The summed E-state index contributed by atoms with van der Waals surface area (Å²) in [6.07, 6.45) is -10.9. The fraction of sp³-hybridized carbons (Fsp3) is 0.294. The number of halogens is 9. The molecule has 0 saturated carbocycles. The summed E-state index contributed by atoms with van der Waals surface area (Å²) in [7, 11) is 0. The summed E-state index contributed by atoms with van der Waals surface area (Å²) < 4.78 is 120. The molecule has 1 unspecified atom stereocenters. The summed E-state index contributed by atoms with van der Waals surface area (Å²) in [5.74, 6) is -1.77. The highest BCUT2D eigenvalue weighted by molar-refractivity contribution is 6.09. The van der Waals surface area contributed by atoms with Gasteiger partial charge in [-0.2, -0.15) is 26.3 Å². The number of hydrogen-bond donors (Lipinski definition) is 0. The van der Waals surface area contributed by atoms with Crippen molar-refractivity contribution in [2.24, 2.45) is 5.10 Å². The molecule has 2 heterocycles. The van der Waals surface area contributed by atoms with Crippen LogP contribution in [-0.2, 0) is 6.18 Å². The van der Waals surface area contributed by atoms with Crippen molar-refractivity contribution in [2.75, 3.05) is 13.2 Å². The summed E-state index contributed by atoms with van der Waals surface area (Å²) in [5.41, 5.74) is -2.32. The van der Waals surface area contributed by atoms with Crippen LogP contribution < -0.4 is 4.74 Å². The molecule has 0 bridgehead atoms. The van der Waals surface area contributed by atoms with E-state index in [4.69, 9.17) is 0 Å². The highest BCUT2D eigenvalue weighted by Gasteiger charge is 2.53. The fourth-order valence-corrected chi connectivity index (χ4v) is 2.92. The zero-order valence-electron chi connectivity index (χ0n) is 15.0. The Kier molecular flexibility index (Phi) is 5.21. The lowest BCUT2D eigenvalue weighted by Gasteiger charge is -2.31. The molecule has 0 aliphatic carbocycles. The molecule has 1 aromatic rings. The average Bonchev–Trinajstić information content (AvgIpc) is 3.04. The minimum atomic E-state index is -5.13. The molecule has 0 N–H and O–H groups in total. The van der Waals surface area contributed by atoms with E-state index in [0.717, 1.165) is 18.2 Å². The molecule has 1 aromatic carbocycles. The minimum Gasteiger partial charge on any atom is -0.483 e. The Morgan fingerprint density at radius 3 is 2.32 bits per heavy atom. The van der Waals surface area contributed by atoms with Gasteiger partial charge in [-0.1, -0.05) is 5.10 Å². The number of hydrogen-bond acceptors (Lipinski definition) is 4. The number of nitriles is 1. The summed E-state index contributed by atoms with van der Waals surface area (Å²) in [5, 5.41) is 13.3. The Balaban J connectivity index is 2.05. The van der Waals surface area contributed by atoms with Crippen molar-refractivity contribution in [3.8, 4) is 11.9 Å². The fourth-order valence-electron chi connectivity index (χ4n) is 2.92. The normalized spacial score (nSPS) is 21.4. The number of rotatable bonds is 3. The number of nitrogens with zero attached hydrogens (tertiary/aromatic N) is 4. The third kappa shape index (κ3) is 4.46. The Morgan fingerprint density at radius 1 is 1.10 bits per heavy atom. The molecule has 166 valence electrons. The molecule has 0 saturated heterocycles. The topological polar surface area (TPSA) is 48.6 Å². The van der Waals surface area contributed by atoms with Crippen molar-refractivity contribution < 1.29 is 48.8 Å². The van der Waals surface area contributed by atoms with Crippen molar-refractivity contribution in [1.29, 1.82) is 5.26 Å². The monoisotopic (exact) mass is 457 g/mol. The van der Waals surface area contributed by atoms with E-state index >= 15 is 0 Å². The smallest absolute Gasteiger partial charge is 0.483 e. The summed E-state index contributed by atoms with van der Waals surface area (Å²) in [6, 6.07) is 1.92. The zero-order chi connectivity index (χ0) is 23.2. The minimum absolute atomic E-state index is 0.193. The van der Waals surface area contributed by atoms with Crippen LogP contribution in [0.4, 0.5) is 39.5 Å². The lowest BCUT2D eigenvalue weighted by atomic mass is 10.0. The molecule has 2 aliphatic rings. The van der Waals surface area contributed by atoms with Crippen LogP contribution in [0, 0.1) is 11.5 Å². The number of allylic oxidation sites excluding steroid dienone is 1. The van der Waals surface area contributed by atoms with Crippen molar-refractivity contribution in [3.05, 3.63) is 53.5 Å². The number of quaternary nitrogens is 1. The van der Waals surface area contributed by atoms with Gasteiger partial charge >= 0.3 is 24.8 Å². The Morgan fingerprint density at radius 2 is 1.77 bits per heavy atom. The molecular formula is C17H10F9N4O+. The molecule has 5 nitrogen and oxygen atoms in total. The SMILES string of the molecule is N#C[N+]12CC=CN(C(F)(F)F)C1=CC(c1ccc(OCC(F)(F)F)c(C(F)(F)F)c1)=N2. The summed E-state index contributed by atoms with van der Waals surface area (Å²) in [4.78, 5) is -0.193. The number of benzene rings is 1. The largest absolute Gasteiger partial charge is 0.492 e. The van der Waals surface area contributed by atoms with E-state index in [-0.39, 0.29) is 22.7 Å². The molecule has 0 spiro atoms. The molecule has 3 rings (SSSR count). The average molecular weight is 457 g/mol. The van der Waals surface area contributed by atoms with Crippen molar-refractivity contribution >= 4 is 5.71 Å². The number of fused-ring (bicyclic) bond motifs is 1. The Bertz CT molecular complexity index is 1010. The Labute approximate surface area is 168 Å². The third-order valence-electron chi connectivity index (χ3n) is 4.20. The first-order valence-electron chi connectivity index (χ1n) is 8.22. The number of alkyl halides is 9. The third-order valence-corrected chi connectivity index (χ3v) is 4.20. The van der Waals surface area contributed by atoms with Crippen molar-refractivity contribution in [2.45, 2.75) is 18.7 Å². The molecule has 0 aromatic heterocycles. The summed E-state index contributed by atoms with van der Waals surface area (Å²) in [6.45, 7) is -2.28. The second kappa shape index (κ2) is 7.19. The van der Waals surface area contributed by atoms with Crippen LogP contribution in [0.5, 0.6) is 5.75 Å². The van der Waals surface area contributed by atoms with Crippen LogP contribution in [0.25, 0.3) is 0 Å². The zero-order valence-corrected chi connectivity index (χ0v) is 15.0. The van der Waals surface area contributed by atoms with Crippen LogP contribution >= 0.6 is 0 Å². The first kappa shape index (κ1) is 22.5. The van der Waals surface area contributed by atoms with Gasteiger partial charge in [-0.25, -0.2) is 4.90 Å². The van der Waals surface area contributed by atoms with Gasteiger partial charge in [0.1, 0.15) is 18.0 Å². The second-order valence-electron chi connectivity index (χ2n) is 6.37. The quantitative estimate of drug-likeness (QED) is 0.282. The molecular weight excluding hydrogens is 447 g/mol. The van der Waals surface area contributed by atoms with E-state index in [9.17, 15) is 44.8 Å². The van der Waals surface area contributed by atoms with Gasteiger partial charge in [-0.05, 0) is 28.9 Å². The van der Waals surface area contributed by atoms with E-state index < -0.39 is 47.0 Å². The number of ether oxygens (including phenoxy) is 1. The van der Waals surface area contributed by atoms with E-state index in [0.29, 0.717) is 18.3 Å². The van der Waals surface area contributed by atoms with Crippen molar-refractivity contribution in [1.82, 2.24) is 4.90 Å². The van der Waals surface area contributed by atoms with Crippen LogP contribution in [-0.4, -0.2) is 40.8 Å². The molecule has 14 heteroatoms. The van der Waals surface area contributed by atoms with Gasteiger partial charge in [0.2, 0.25) is 0 Å². The van der Waals surface area contributed by atoms with Crippen LogP contribution in [0.3, 0.4) is 0 Å². The van der Waals surface area contributed by atoms with E-state index in [1.165, 1.54) is 0 Å². The predicted octanol–water partition coefficient (Wildman–Crippen LogP) is 4.85. The maximum atomic E-state index is 13.4. The van der Waals surface area contributed by atoms with Gasteiger partial charge in [0.05, 0.1) is 11.6 Å². The van der Waals surface area contributed by atoms with E-state index in [1.54, 1.807) is 6.19 Å². The van der Waals surface area contributed by atoms with E-state index in [1.807, 2.05) is 0 Å². The molecule has 1 atom stereocenters. The standard InChI is InChI=1S/C17H10F9N4O/c18-15(19,20)8-31-13-3-2-10(6-11(13)16(21,22)23)12-7-14-29(17(24,25)26)4-1-5-30(14,9-27)28-12/h1-4,6-7H,5,8H2/q+1. The first-order valence-corrected chi connectivity index (χ1v) is 8.22. The predicted molar refractivity (Wildman–Crippen MR) is 85.4 cm³/mol. The van der Waals surface area contributed by atoms with Gasteiger partial charge < -0.3 is 4.74 Å². The van der Waals surface area contributed by atoms with Gasteiger partial charge in [0.15, 0.2) is 6.61 Å². The van der Waals surface area contributed by atoms with Crippen molar-refractivity contribution in [3.63, 3.8) is 0 Å². The van der Waals surface area contributed by atoms with Crippen LogP contribution in [0.2, 0.25) is 0 Å². The van der Waals surface area contributed by atoms with Gasteiger partial charge in [0, 0.05) is 11.8 Å². The van der Waals surface area contributed by atoms with Gasteiger partial charge in [0.25, 0.3) is 5.82 Å². The maximum absolute atomic E-state index is 13.4. The van der Waals surface area contributed by atoms with Crippen LogP contribution in [0.1, 0.15) is 11.1 Å². The first-order chi connectivity index (χ1) is 14.2. The maximum Gasteiger partial charge on any atom is 0.492 e. The molecule has 0 radical (unpaired) electrons. The Hall–Kier alpha value is -3.21. The molecule has 0 fully saturated rings. The highest BCUT2D eigenvalue weighted by Crippen LogP contribution is 2.41. The van der Waals surface area contributed by atoms with Gasteiger partial charge in [-0.15, -0.1) is 18.4 Å². The molecule has 2 aliphatic heterocycles. The lowest BCUT2D eigenvalue weighted by Crippen LogP contribution is -2.48.